The monoisotopic (exact) mass is 509 g/mol. The molecule has 0 saturated heterocycles. The van der Waals surface area contributed by atoms with Crippen LogP contribution in [0.2, 0.25) is 0 Å². The van der Waals surface area contributed by atoms with E-state index < -0.39 is 12.9 Å². The maximum absolute atomic E-state index is 14.4. The molecule has 0 spiro atoms. The van der Waals surface area contributed by atoms with E-state index in [4.69, 9.17) is 4.52 Å². The van der Waals surface area contributed by atoms with Crippen LogP contribution in [0.25, 0.3) is 0 Å². The van der Waals surface area contributed by atoms with Crippen LogP contribution >= 0.6 is 7.37 Å². The van der Waals surface area contributed by atoms with Crippen molar-refractivity contribution in [2.75, 3.05) is 12.4 Å². The Hall–Kier alpha value is -3.23. The molecule has 0 amide bonds. The molecule has 0 aromatic heterocycles. The zero-order valence-electron chi connectivity index (χ0n) is 21.5. The van der Waals surface area contributed by atoms with Crippen molar-refractivity contribution in [2.45, 2.75) is 31.9 Å². The average molecular weight is 510 g/mol. The molecule has 4 heteroatoms. The van der Waals surface area contributed by atoms with Crippen molar-refractivity contribution in [3.63, 3.8) is 0 Å². The molecule has 1 unspecified atom stereocenters. The highest BCUT2D eigenvalue weighted by Gasteiger charge is 2.38. The predicted molar refractivity (Wildman–Crippen MR) is 155 cm³/mol. The highest BCUT2D eigenvalue weighted by atomic mass is 31.2. The largest absolute Gasteiger partial charge is 0.323 e. The van der Waals surface area contributed by atoms with Gasteiger partial charge in [-0.25, -0.2) is 0 Å². The van der Waals surface area contributed by atoms with Gasteiger partial charge in [0.2, 0.25) is 7.37 Å². The van der Waals surface area contributed by atoms with Gasteiger partial charge >= 0.3 is 0 Å². The third kappa shape index (κ3) is 6.96. The lowest BCUT2D eigenvalue weighted by molar-refractivity contribution is 0.299. The van der Waals surface area contributed by atoms with Crippen molar-refractivity contribution in [2.24, 2.45) is 0 Å². The van der Waals surface area contributed by atoms with Crippen molar-refractivity contribution >= 4 is 7.37 Å². The van der Waals surface area contributed by atoms with Crippen LogP contribution in [0.3, 0.4) is 0 Å². The van der Waals surface area contributed by atoms with Crippen LogP contribution in [-0.2, 0) is 21.2 Å². The van der Waals surface area contributed by atoms with Crippen LogP contribution in [0.15, 0.2) is 133 Å². The second kappa shape index (κ2) is 13.4. The number of benzene rings is 4. The van der Waals surface area contributed by atoms with Gasteiger partial charge in [0, 0.05) is 6.16 Å². The lowest BCUT2D eigenvalue weighted by Gasteiger charge is -2.38. The summed E-state index contributed by atoms with van der Waals surface area (Å²) in [7, 11) is -3.08. The minimum absolute atomic E-state index is 0.231. The first-order valence-electron chi connectivity index (χ1n) is 13.0. The summed E-state index contributed by atoms with van der Waals surface area (Å²) < 4.78 is 20.6. The number of hydrogen-bond donors (Lipinski definition) is 1. The molecule has 3 nitrogen and oxygen atoms in total. The minimum atomic E-state index is -3.08. The maximum atomic E-state index is 14.4. The van der Waals surface area contributed by atoms with E-state index in [1.807, 2.05) is 54.6 Å². The Balaban J connectivity index is 1.73. The molecule has 190 valence electrons. The van der Waals surface area contributed by atoms with Gasteiger partial charge in [-0.3, -0.25) is 9.88 Å². The van der Waals surface area contributed by atoms with E-state index in [0.29, 0.717) is 12.8 Å². The van der Waals surface area contributed by atoms with Crippen LogP contribution in [0.4, 0.5) is 0 Å². The fourth-order valence-corrected chi connectivity index (χ4v) is 6.22. The SMILES string of the molecule is CCC/C=C/CP(=O)(CNC(c1ccccc1)(c1ccccc1)c1ccccc1)OCc1ccccc1. The van der Waals surface area contributed by atoms with Gasteiger partial charge in [-0.2, -0.15) is 0 Å². The number of allylic oxidation sites excluding steroid dienone is 2. The molecule has 0 saturated carbocycles. The van der Waals surface area contributed by atoms with Gasteiger partial charge in [0.1, 0.15) is 0 Å². The van der Waals surface area contributed by atoms with Gasteiger partial charge in [0.05, 0.1) is 18.4 Å². The number of rotatable bonds is 13. The first-order chi connectivity index (χ1) is 18.2. The van der Waals surface area contributed by atoms with E-state index in [1.54, 1.807) is 0 Å². The molecular formula is C33H36NO2P. The first-order valence-corrected chi connectivity index (χ1v) is 15.0. The molecule has 4 aromatic carbocycles. The molecule has 0 heterocycles. The molecule has 0 aliphatic rings. The van der Waals surface area contributed by atoms with E-state index in [-0.39, 0.29) is 6.29 Å². The molecule has 1 atom stereocenters. The summed E-state index contributed by atoms with van der Waals surface area (Å²) >= 11 is 0. The van der Waals surface area contributed by atoms with Crippen molar-refractivity contribution in [1.29, 1.82) is 0 Å². The number of unbranched alkanes of at least 4 members (excludes halogenated alkanes) is 1. The summed E-state index contributed by atoms with van der Waals surface area (Å²) in [5.41, 5.74) is 3.58. The molecule has 0 aliphatic carbocycles. The summed E-state index contributed by atoms with van der Waals surface area (Å²) in [5, 5.41) is 3.78. The minimum Gasteiger partial charge on any atom is -0.323 e. The quantitative estimate of drug-likeness (QED) is 0.112. The zero-order valence-corrected chi connectivity index (χ0v) is 22.4. The molecule has 37 heavy (non-hydrogen) atoms. The smallest absolute Gasteiger partial charge is 0.220 e. The van der Waals surface area contributed by atoms with Crippen LogP contribution in [-0.4, -0.2) is 12.4 Å². The van der Waals surface area contributed by atoms with Crippen LogP contribution in [0.5, 0.6) is 0 Å². The molecular weight excluding hydrogens is 473 g/mol. The van der Waals surface area contributed by atoms with Gasteiger partial charge in [-0.1, -0.05) is 147 Å². The van der Waals surface area contributed by atoms with Crippen molar-refractivity contribution < 1.29 is 9.09 Å². The van der Waals surface area contributed by atoms with Gasteiger partial charge in [-0.15, -0.1) is 0 Å². The second-order valence-corrected chi connectivity index (χ2v) is 11.8. The Labute approximate surface area is 221 Å². The van der Waals surface area contributed by atoms with Crippen molar-refractivity contribution in [1.82, 2.24) is 5.32 Å². The maximum Gasteiger partial charge on any atom is 0.220 e. The summed E-state index contributed by atoms with van der Waals surface area (Å²) in [4.78, 5) is 0. The molecule has 1 N–H and O–H groups in total. The van der Waals surface area contributed by atoms with Crippen LogP contribution < -0.4 is 5.32 Å². The summed E-state index contributed by atoms with van der Waals surface area (Å²) in [5.74, 6) is 0. The van der Waals surface area contributed by atoms with E-state index in [1.165, 1.54) is 0 Å². The Bertz CT molecular complexity index is 1180. The first kappa shape index (κ1) is 26.8. The molecule has 0 bridgehead atoms. The van der Waals surface area contributed by atoms with E-state index in [2.05, 4.69) is 91.1 Å². The highest BCUT2D eigenvalue weighted by Crippen LogP contribution is 2.49. The number of hydrogen-bond acceptors (Lipinski definition) is 3. The predicted octanol–water partition coefficient (Wildman–Crippen LogP) is 8.38. The Morgan fingerprint density at radius 1 is 0.703 bits per heavy atom. The van der Waals surface area contributed by atoms with Gasteiger partial charge < -0.3 is 4.52 Å². The van der Waals surface area contributed by atoms with E-state index >= 15 is 0 Å². The van der Waals surface area contributed by atoms with Gasteiger partial charge in [0.15, 0.2) is 0 Å². The lowest BCUT2D eigenvalue weighted by Crippen LogP contribution is -2.45. The van der Waals surface area contributed by atoms with Crippen molar-refractivity contribution in [3.8, 4) is 0 Å². The van der Waals surface area contributed by atoms with Crippen molar-refractivity contribution in [3.05, 3.63) is 156 Å². The van der Waals surface area contributed by atoms with E-state index in [9.17, 15) is 4.57 Å². The molecule has 4 aromatic rings. The molecule has 4 rings (SSSR count). The summed E-state index contributed by atoms with van der Waals surface area (Å²) in [6.07, 6.45) is 6.77. The fraction of sp³-hybridized carbons (Fsp3) is 0.212. The third-order valence-electron chi connectivity index (χ3n) is 6.52. The normalized spacial score (nSPS) is 13.4. The van der Waals surface area contributed by atoms with Gasteiger partial charge in [-0.05, 0) is 28.7 Å². The summed E-state index contributed by atoms with van der Waals surface area (Å²) in [6.45, 7) is 2.46. The molecule has 0 fully saturated rings. The van der Waals surface area contributed by atoms with Crippen LogP contribution in [0.1, 0.15) is 42.0 Å². The zero-order chi connectivity index (χ0) is 25.8. The molecule has 0 aliphatic heterocycles. The highest BCUT2D eigenvalue weighted by molar-refractivity contribution is 7.59. The fourth-order valence-electron chi connectivity index (χ4n) is 4.56. The van der Waals surface area contributed by atoms with Crippen LogP contribution in [0, 0.1) is 0 Å². The third-order valence-corrected chi connectivity index (χ3v) is 8.53. The lowest BCUT2D eigenvalue weighted by atomic mass is 9.77. The second-order valence-electron chi connectivity index (χ2n) is 9.20. The Kier molecular flexibility index (Phi) is 9.68. The Morgan fingerprint density at radius 3 is 1.62 bits per heavy atom. The molecule has 0 radical (unpaired) electrons. The Morgan fingerprint density at radius 2 is 1.16 bits per heavy atom. The van der Waals surface area contributed by atoms with E-state index in [0.717, 1.165) is 35.1 Å². The standard InChI is InChI=1S/C33H36NO2P/c1-2-3-4-17-26-37(35,36-27-29-18-9-5-10-19-29)28-34-33(30-20-11-6-12-21-30,31-22-13-7-14-23-31)32-24-15-8-16-25-32/h4-25,34H,2-3,26-28H2,1H3/b17-4+. The number of nitrogens with one attached hydrogen (secondary N) is 1. The van der Waals surface area contributed by atoms with Gasteiger partial charge in [0.25, 0.3) is 0 Å². The average Bonchev–Trinajstić information content (AvgIpc) is 2.97. The topological polar surface area (TPSA) is 38.3 Å². The summed E-state index contributed by atoms with van der Waals surface area (Å²) in [6, 6.07) is 41.1.